The summed E-state index contributed by atoms with van der Waals surface area (Å²) in [6.07, 6.45) is 2.72. The van der Waals surface area contributed by atoms with Gasteiger partial charge in [-0.2, -0.15) is 5.10 Å². The number of nitrogens with one attached hydrogen (secondary N) is 1. The molecule has 5 rings (SSSR count). The summed E-state index contributed by atoms with van der Waals surface area (Å²) < 4.78 is 2.22. The molecule has 1 unspecified atom stereocenters. The molecule has 1 aliphatic rings. The van der Waals surface area contributed by atoms with Gasteiger partial charge in [0.2, 0.25) is 0 Å². The lowest BCUT2D eigenvalue weighted by Crippen LogP contribution is -2.31. The zero-order valence-electron chi connectivity index (χ0n) is 16.6. The third kappa shape index (κ3) is 2.99. The predicted molar refractivity (Wildman–Crippen MR) is 114 cm³/mol. The highest BCUT2D eigenvalue weighted by Crippen LogP contribution is 2.30. The van der Waals surface area contributed by atoms with Gasteiger partial charge in [-0.15, -0.1) is 0 Å². The van der Waals surface area contributed by atoms with Gasteiger partial charge in [-0.25, -0.2) is 10.1 Å². The smallest absolute Gasteiger partial charge is 0.275 e. The van der Waals surface area contributed by atoms with E-state index in [1.165, 1.54) is 0 Å². The molecule has 1 fully saturated rings. The molecule has 0 radical (unpaired) electrons. The zero-order chi connectivity index (χ0) is 20.7. The SMILES string of the molecule is Cc1cnc(-c2ccccc2)n1C1CCN(C(=O)c2n[nH]c(=O)c3ccccc23)C1. The van der Waals surface area contributed by atoms with Crippen molar-refractivity contribution in [1.82, 2.24) is 24.6 Å². The van der Waals surface area contributed by atoms with Crippen LogP contribution in [-0.2, 0) is 0 Å². The van der Waals surface area contributed by atoms with Gasteiger partial charge in [0, 0.05) is 35.9 Å². The van der Waals surface area contributed by atoms with Crippen LogP contribution in [0.4, 0.5) is 0 Å². The van der Waals surface area contributed by atoms with E-state index < -0.39 is 0 Å². The molecule has 1 atom stereocenters. The fourth-order valence-corrected chi connectivity index (χ4v) is 4.27. The van der Waals surface area contributed by atoms with E-state index in [0.29, 0.717) is 23.9 Å². The Bertz CT molecular complexity index is 1290. The van der Waals surface area contributed by atoms with Gasteiger partial charge in [-0.1, -0.05) is 48.5 Å². The molecule has 7 nitrogen and oxygen atoms in total. The zero-order valence-corrected chi connectivity index (χ0v) is 16.6. The molecule has 1 saturated heterocycles. The number of carbonyl (C=O) groups is 1. The topological polar surface area (TPSA) is 83.9 Å². The summed E-state index contributed by atoms with van der Waals surface area (Å²) in [4.78, 5) is 31.7. The number of aryl methyl sites for hydroxylation is 1. The highest BCUT2D eigenvalue weighted by atomic mass is 16.2. The second-order valence-electron chi connectivity index (χ2n) is 7.60. The molecule has 0 saturated carbocycles. The van der Waals surface area contributed by atoms with Gasteiger partial charge >= 0.3 is 0 Å². The molecule has 4 aromatic rings. The average Bonchev–Trinajstić information content (AvgIpc) is 3.41. The number of H-pyrrole nitrogens is 1. The van der Waals surface area contributed by atoms with Crippen LogP contribution in [-0.4, -0.2) is 43.6 Å². The molecule has 3 heterocycles. The first-order valence-corrected chi connectivity index (χ1v) is 9.99. The monoisotopic (exact) mass is 399 g/mol. The summed E-state index contributed by atoms with van der Waals surface area (Å²) in [6, 6.07) is 17.3. The van der Waals surface area contributed by atoms with E-state index in [1.54, 1.807) is 18.2 Å². The largest absolute Gasteiger partial charge is 0.335 e. The molecule has 1 N–H and O–H groups in total. The summed E-state index contributed by atoms with van der Waals surface area (Å²) in [5.74, 6) is 0.754. The van der Waals surface area contributed by atoms with Gasteiger partial charge in [0.15, 0.2) is 5.69 Å². The molecule has 1 amide bonds. The van der Waals surface area contributed by atoms with Crippen LogP contribution < -0.4 is 5.56 Å². The standard InChI is InChI=1S/C23H21N5O2/c1-15-13-24-21(16-7-3-2-4-8-16)28(15)17-11-12-27(14-17)23(30)20-18-9-5-6-10-19(18)22(29)26-25-20/h2-10,13,17H,11-12,14H2,1H3,(H,26,29). The Hall–Kier alpha value is -3.74. The van der Waals surface area contributed by atoms with E-state index >= 15 is 0 Å². The average molecular weight is 399 g/mol. The minimum atomic E-state index is -0.289. The quantitative estimate of drug-likeness (QED) is 0.573. The van der Waals surface area contributed by atoms with Crippen molar-refractivity contribution in [1.29, 1.82) is 0 Å². The molecule has 0 aliphatic carbocycles. The van der Waals surface area contributed by atoms with Crippen molar-refractivity contribution in [3.05, 3.63) is 82.5 Å². The fraction of sp³-hybridized carbons (Fsp3) is 0.217. The fourth-order valence-electron chi connectivity index (χ4n) is 4.27. The number of aromatic amines is 1. The molecular weight excluding hydrogens is 378 g/mol. The molecule has 0 bridgehead atoms. The van der Waals surface area contributed by atoms with Crippen LogP contribution in [0.3, 0.4) is 0 Å². The second-order valence-corrected chi connectivity index (χ2v) is 7.60. The Labute approximate surface area is 173 Å². The number of likely N-dealkylation sites (tertiary alicyclic amines) is 1. The van der Waals surface area contributed by atoms with Crippen molar-refractivity contribution in [3.63, 3.8) is 0 Å². The van der Waals surface area contributed by atoms with Crippen molar-refractivity contribution >= 4 is 16.7 Å². The molecule has 0 spiro atoms. The summed E-state index contributed by atoms with van der Waals surface area (Å²) in [5.41, 5.74) is 2.13. The van der Waals surface area contributed by atoms with Gasteiger partial charge in [0.1, 0.15) is 5.82 Å². The Balaban J connectivity index is 1.46. The maximum absolute atomic E-state index is 13.2. The Morgan fingerprint density at radius 3 is 2.60 bits per heavy atom. The molecule has 2 aromatic carbocycles. The summed E-state index contributed by atoms with van der Waals surface area (Å²) >= 11 is 0. The lowest BCUT2D eigenvalue weighted by atomic mass is 10.1. The lowest BCUT2D eigenvalue weighted by molar-refractivity contribution is 0.0783. The highest BCUT2D eigenvalue weighted by Gasteiger charge is 2.31. The number of hydrogen-bond acceptors (Lipinski definition) is 4. The van der Waals surface area contributed by atoms with E-state index in [9.17, 15) is 9.59 Å². The van der Waals surface area contributed by atoms with E-state index in [2.05, 4.69) is 19.7 Å². The number of fused-ring (bicyclic) bond motifs is 1. The third-order valence-corrected chi connectivity index (χ3v) is 5.73. The van der Waals surface area contributed by atoms with Crippen LogP contribution >= 0.6 is 0 Å². The number of aromatic nitrogens is 4. The maximum Gasteiger partial charge on any atom is 0.275 e. The van der Waals surface area contributed by atoms with Gasteiger partial charge < -0.3 is 9.47 Å². The van der Waals surface area contributed by atoms with Crippen LogP contribution in [0.15, 0.2) is 65.6 Å². The van der Waals surface area contributed by atoms with Crippen molar-refractivity contribution in [2.45, 2.75) is 19.4 Å². The third-order valence-electron chi connectivity index (χ3n) is 5.73. The number of amides is 1. The molecule has 1 aliphatic heterocycles. The van der Waals surface area contributed by atoms with E-state index in [1.807, 2.05) is 54.4 Å². The number of hydrogen-bond donors (Lipinski definition) is 1. The van der Waals surface area contributed by atoms with Crippen molar-refractivity contribution < 1.29 is 4.79 Å². The van der Waals surface area contributed by atoms with Crippen LogP contribution in [0.5, 0.6) is 0 Å². The lowest BCUT2D eigenvalue weighted by Gasteiger charge is -2.20. The number of imidazole rings is 1. The van der Waals surface area contributed by atoms with Crippen molar-refractivity contribution in [3.8, 4) is 11.4 Å². The van der Waals surface area contributed by atoms with E-state index in [0.717, 1.165) is 23.5 Å². The Morgan fingerprint density at radius 1 is 1.07 bits per heavy atom. The van der Waals surface area contributed by atoms with Gasteiger partial charge in [0.05, 0.1) is 11.4 Å². The van der Waals surface area contributed by atoms with Crippen LogP contribution in [0, 0.1) is 6.92 Å². The summed E-state index contributed by atoms with van der Waals surface area (Å²) in [5, 5.41) is 7.59. The summed E-state index contributed by atoms with van der Waals surface area (Å²) in [6.45, 7) is 3.25. The Kier molecular flexibility index (Phi) is 4.43. The minimum absolute atomic E-state index is 0.140. The first-order chi connectivity index (χ1) is 14.6. The van der Waals surface area contributed by atoms with E-state index in [-0.39, 0.29) is 23.2 Å². The molecular formula is C23H21N5O2. The van der Waals surface area contributed by atoms with Gasteiger partial charge in [0.25, 0.3) is 11.5 Å². The minimum Gasteiger partial charge on any atom is -0.335 e. The van der Waals surface area contributed by atoms with Crippen LogP contribution in [0.25, 0.3) is 22.2 Å². The number of carbonyl (C=O) groups excluding carboxylic acids is 1. The van der Waals surface area contributed by atoms with Crippen LogP contribution in [0.2, 0.25) is 0 Å². The molecule has 2 aromatic heterocycles. The molecule has 7 heteroatoms. The normalized spacial score (nSPS) is 16.3. The number of nitrogens with zero attached hydrogens (tertiary/aromatic N) is 4. The maximum atomic E-state index is 13.2. The van der Waals surface area contributed by atoms with E-state index in [4.69, 9.17) is 0 Å². The number of benzene rings is 2. The summed E-state index contributed by atoms with van der Waals surface area (Å²) in [7, 11) is 0. The molecule has 150 valence electrons. The van der Waals surface area contributed by atoms with Gasteiger partial charge in [-0.05, 0) is 19.4 Å². The van der Waals surface area contributed by atoms with Crippen LogP contribution in [0.1, 0.15) is 28.6 Å². The Morgan fingerprint density at radius 2 is 1.80 bits per heavy atom. The van der Waals surface area contributed by atoms with Crippen molar-refractivity contribution in [2.75, 3.05) is 13.1 Å². The van der Waals surface area contributed by atoms with Crippen molar-refractivity contribution in [2.24, 2.45) is 0 Å². The second kappa shape index (κ2) is 7.26. The predicted octanol–water partition coefficient (Wildman–Crippen LogP) is 3.18. The first kappa shape index (κ1) is 18.3. The first-order valence-electron chi connectivity index (χ1n) is 9.99. The van der Waals surface area contributed by atoms with Gasteiger partial charge in [-0.3, -0.25) is 9.59 Å². The number of rotatable bonds is 3. The molecule has 30 heavy (non-hydrogen) atoms. The highest BCUT2D eigenvalue weighted by molar-refractivity contribution is 6.04.